The summed E-state index contributed by atoms with van der Waals surface area (Å²) in [6.07, 6.45) is 2.00. The molecule has 2 aromatic heterocycles. The molecule has 0 saturated heterocycles. The van der Waals surface area contributed by atoms with Gasteiger partial charge in [0.05, 0.1) is 10.6 Å². The van der Waals surface area contributed by atoms with Gasteiger partial charge in [-0.3, -0.25) is 9.78 Å². The van der Waals surface area contributed by atoms with Crippen molar-refractivity contribution in [3.05, 3.63) is 45.7 Å². The van der Waals surface area contributed by atoms with Crippen molar-refractivity contribution in [1.29, 1.82) is 0 Å². The Balaban J connectivity index is 1.97. The number of thiazole rings is 1. The molecule has 20 heavy (non-hydrogen) atoms. The molecule has 0 unspecified atom stereocenters. The van der Waals surface area contributed by atoms with E-state index in [1.807, 2.05) is 12.3 Å². The lowest BCUT2D eigenvalue weighted by atomic mass is 10.2. The van der Waals surface area contributed by atoms with E-state index in [1.165, 1.54) is 29.7 Å². The van der Waals surface area contributed by atoms with E-state index in [1.54, 1.807) is 0 Å². The predicted octanol–water partition coefficient (Wildman–Crippen LogP) is 1.52. The molecule has 2 N–H and O–H groups in total. The fourth-order valence-corrected chi connectivity index (χ4v) is 2.42. The zero-order valence-corrected chi connectivity index (χ0v) is 11.6. The van der Waals surface area contributed by atoms with Crippen molar-refractivity contribution < 1.29 is 14.7 Å². The average molecular weight is 291 g/mol. The van der Waals surface area contributed by atoms with Gasteiger partial charge in [0.1, 0.15) is 5.69 Å². The highest BCUT2D eigenvalue weighted by molar-refractivity contribution is 7.09. The SMILES string of the molecule is Cc1csc(CCNC(=O)c2ncccc2C(=O)O)n1. The molecule has 0 spiro atoms. The second-order valence-corrected chi connectivity index (χ2v) is 5.04. The van der Waals surface area contributed by atoms with Crippen molar-refractivity contribution in [1.82, 2.24) is 15.3 Å². The Bertz CT molecular complexity index is 639. The monoisotopic (exact) mass is 291 g/mol. The van der Waals surface area contributed by atoms with E-state index in [0.717, 1.165) is 10.7 Å². The van der Waals surface area contributed by atoms with Crippen LogP contribution in [0.1, 0.15) is 31.5 Å². The first-order chi connectivity index (χ1) is 9.58. The van der Waals surface area contributed by atoms with Crippen LogP contribution in [0, 0.1) is 6.92 Å². The highest BCUT2D eigenvalue weighted by atomic mass is 32.1. The summed E-state index contributed by atoms with van der Waals surface area (Å²) in [4.78, 5) is 31.0. The Morgan fingerprint density at radius 1 is 1.45 bits per heavy atom. The molecular weight excluding hydrogens is 278 g/mol. The number of nitrogens with zero attached hydrogens (tertiary/aromatic N) is 2. The van der Waals surface area contributed by atoms with Crippen LogP contribution in [0.15, 0.2) is 23.7 Å². The van der Waals surface area contributed by atoms with Gasteiger partial charge in [0.2, 0.25) is 0 Å². The first-order valence-corrected chi connectivity index (χ1v) is 6.83. The van der Waals surface area contributed by atoms with E-state index in [2.05, 4.69) is 15.3 Å². The summed E-state index contributed by atoms with van der Waals surface area (Å²) in [6.45, 7) is 2.30. The van der Waals surface area contributed by atoms with Gasteiger partial charge in [-0.15, -0.1) is 11.3 Å². The lowest BCUT2D eigenvalue weighted by Gasteiger charge is -2.05. The quantitative estimate of drug-likeness (QED) is 0.871. The second kappa shape index (κ2) is 6.25. The second-order valence-electron chi connectivity index (χ2n) is 4.09. The fraction of sp³-hybridized carbons (Fsp3) is 0.231. The number of pyridine rings is 1. The summed E-state index contributed by atoms with van der Waals surface area (Å²) >= 11 is 1.53. The summed E-state index contributed by atoms with van der Waals surface area (Å²) in [7, 11) is 0. The zero-order valence-electron chi connectivity index (χ0n) is 10.8. The first-order valence-electron chi connectivity index (χ1n) is 5.95. The summed E-state index contributed by atoms with van der Waals surface area (Å²) in [5, 5.41) is 14.5. The Morgan fingerprint density at radius 3 is 2.90 bits per heavy atom. The lowest BCUT2D eigenvalue weighted by molar-refractivity contribution is 0.0690. The highest BCUT2D eigenvalue weighted by Gasteiger charge is 2.17. The maximum atomic E-state index is 11.9. The molecule has 2 aromatic rings. The van der Waals surface area contributed by atoms with Gasteiger partial charge in [0.15, 0.2) is 0 Å². The third-order valence-corrected chi connectivity index (χ3v) is 3.57. The van der Waals surface area contributed by atoms with Crippen molar-refractivity contribution >= 4 is 23.2 Å². The molecule has 7 heteroatoms. The van der Waals surface area contributed by atoms with Crippen LogP contribution in [0.5, 0.6) is 0 Å². The van der Waals surface area contributed by atoms with Crippen LogP contribution in [0.2, 0.25) is 0 Å². The number of rotatable bonds is 5. The van der Waals surface area contributed by atoms with Crippen LogP contribution in [0.4, 0.5) is 0 Å². The van der Waals surface area contributed by atoms with Gasteiger partial charge in [-0.1, -0.05) is 0 Å². The van der Waals surface area contributed by atoms with E-state index < -0.39 is 11.9 Å². The molecule has 0 fully saturated rings. The van der Waals surface area contributed by atoms with Crippen molar-refractivity contribution in [3.8, 4) is 0 Å². The smallest absolute Gasteiger partial charge is 0.338 e. The molecule has 0 aromatic carbocycles. The van der Waals surface area contributed by atoms with Gasteiger partial charge in [-0.2, -0.15) is 0 Å². The zero-order chi connectivity index (χ0) is 14.5. The third-order valence-electron chi connectivity index (χ3n) is 2.54. The van der Waals surface area contributed by atoms with Crippen molar-refractivity contribution in [2.75, 3.05) is 6.54 Å². The minimum absolute atomic E-state index is 0.0738. The maximum Gasteiger partial charge on any atom is 0.338 e. The molecule has 0 radical (unpaired) electrons. The molecule has 0 saturated carbocycles. The van der Waals surface area contributed by atoms with E-state index >= 15 is 0 Å². The third kappa shape index (κ3) is 3.39. The maximum absolute atomic E-state index is 11.9. The van der Waals surface area contributed by atoms with Gasteiger partial charge in [0.25, 0.3) is 5.91 Å². The number of carboxylic acids is 1. The summed E-state index contributed by atoms with van der Waals surface area (Å²) < 4.78 is 0. The van der Waals surface area contributed by atoms with Crippen LogP contribution in [0.3, 0.4) is 0 Å². The molecule has 1 amide bonds. The molecule has 0 atom stereocenters. The van der Waals surface area contributed by atoms with Crippen molar-refractivity contribution in [2.45, 2.75) is 13.3 Å². The van der Waals surface area contributed by atoms with Crippen molar-refractivity contribution in [3.63, 3.8) is 0 Å². The van der Waals surface area contributed by atoms with E-state index in [0.29, 0.717) is 13.0 Å². The van der Waals surface area contributed by atoms with Gasteiger partial charge >= 0.3 is 5.97 Å². The number of hydrogen-bond donors (Lipinski definition) is 2. The molecule has 0 aliphatic heterocycles. The number of aromatic nitrogens is 2. The molecule has 0 aliphatic carbocycles. The molecule has 104 valence electrons. The molecule has 6 nitrogen and oxygen atoms in total. The molecular formula is C13H13N3O3S. The van der Waals surface area contributed by atoms with Crippen LogP contribution in [-0.4, -0.2) is 33.5 Å². The highest BCUT2D eigenvalue weighted by Crippen LogP contribution is 2.09. The summed E-state index contributed by atoms with van der Waals surface area (Å²) in [5.74, 6) is -1.66. The van der Waals surface area contributed by atoms with Gasteiger partial charge < -0.3 is 10.4 Å². The summed E-state index contributed by atoms with van der Waals surface area (Å²) in [6, 6.07) is 2.84. The van der Waals surface area contributed by atoms with Gasteiger partial charge in [0, 0.05) is 30.2 Å². The lowest BCUT2D eigenvalue weighted by Crippen LogP contribution is -2.28. The Morgan fingerprint density at radius 2 is 2.25 bits per heavy atom. The standard InChI is InChI=1S/C13H13N3O3S/c1-8-7-20-10(16-8)4-6-15-12(17)11-9(13(18)19)3-2-5-14-11/h2-3,5,7H,4,6H2,1H3,(H,15,17)(H,18,19). The Kier molecular flexibility index (Phi) is 4.41. The Hall–Kier alpha value is -2.28. The molecule has 0 bridgehead atoms. The number of amides is 1. The number of aromatic carboxylic acids is 1. The largest absolute Gasteiger partial charge is 0.478 e. The minimum atomic E-state index is -1.17. The van der Waals surface area contributed by atoms with Gasteiger partial charge in [-0.05, 0) is 19.1 Å². The first kappa shape index (κ1) is 14.1. The van der Waals surface area contributed by atoms with Crippen LogP contribution in [-0.2, 0) is 6.42 Å². The van der Waals surface area contributed by atoms with Crippen LogP contribution in [0.25, 0.3) is 0 Å². The van der Waals surface area contributed by atoms with Crippen LogP contribution < -0.4 is 5.32 Å². The minimum Gasteiger partial charge on any atom is -0.478 e. The number of hydrogen-bond acceptors (Lipinski definition) is 5. The fourth-order valence-electron chi connectivity index (χ4n) is 1.64. The number of carboxylic acid groups (broad SMARTS) is 1. The van der Waals surface area contributed by atoms with Gasteiger partial charge in [-0.25, -0.2) is 9.78 Å². The molecule has 2 rings (SSSR count). The van der Waals surface area contributed by atoms with E-state index in [-0.39, 0.29) is 11.3 Å². The number of aryl methyl sites for hydroxylation is 1. The number of carbonyl (C=O) groups excluding carboxylic acids is 1. The van der Waals surface area contributed by atoms with E-state index in [9.17, 15) is 9.59 Å². The van der Waals surface area contributed by atoms with E-state index in [4.69, 9.17) is 5.11 Å². The normalized spacial score (nSPS) is 10.2. The topological polar surface area (TPSA) is 92.2 Å². The van der Waals surface area contributed by atoms with Crippen LogP contribution >= 0.6 is 11.3 Å². The number of carbonyl (C=O) groups is 2. The summed E-state index contributed by atoms with van der Waals surface area (Å²) in [5.41, 5.74) is 0.777. The number of nitrogens with one attached hydrogen (secondary N) is 1. The Labute approximate surface area is 119 Å². The molecule has 2 heterocycles. The molecule has 0 aliphatic rings. The van der Waals surface area contributed by atoms with Crippen molar-refractivity contribution in [2.24, 2.45) is 0 Å². The average Bonchev–Trinajstić information content (AvgIpc) is 2.84. The predicted molar refractivity (Wildman–Crippen MR) is 74.1 cm³/mol.